The maximum Gasteiger partial charge on any atom is 0.255 e. The number of hydrogen-bond acceptors (Lipinski definition) is 6. The van der Waals surface area contributed by atoms with Crippen molar-refractivity contribution in [2.75, 3.05) is 0 Å². The van der Waals surface area contributed by atoms with Crippen LogP contribution in [0.2, 0.25) is 0 Å². The Hall–Kier alpha value is -1.89. The summed E-state index contributed by atoms with van der Waals surface area (Å²) in [6.07, 6.45) is 4.76. The average molecular weight is 305 g/mol. The maximum atomic E-state index is 12.3. The van der Waals surface area contributed by atoms with Crippen LogP contribution in [0.5, 0.6) is 0 Å². The van der Waals surface area contributed by atoms with Gasteiger partial charge in [-0.2, -0.15) is 0 Å². The molecule has 0 aliphatic rings. The van der Waals surface area contributed by atoms with Crippen molar-refractivity contribution in [3.8, 4) is 0 Å². The van der Waals surface area contributed by atoms with Crippen LogP contribution >= 0.6 is 11.5 Å². The second-order valence-corrected chi connectivity index (χ2v) is 5.89. The first kappa shape index (κ1) is 15.5. The Morgan fingerprint density at radius 2 is 2.24 bits per heavy atom. The summed E-state index contributed by atoms with van der Waals surface area (Å²) in [5.41, 5.74) is 2.28. The van der Waals surface area contributed by atoms with E-state index in [1.165, 1.54) is 17.9 Å². The fourth-order valence-electron chi connectivity index (χ4n) is 2.01. The van der Waals surface area contributed by atoms with Gasteiger partial charge in [0, 0.05) is 6.20 Å². The minimum absolute atomic E-state index is 0.151. The predicted octanol–water partition coefficient (Wildman–Crippen LogP) is 2.33. The van der Waals surface area contributed by atoms with E-state index >= 15 is 0 Å². The molecule has 2 heterocycles. The van der Waals surface area contributed by atoms with E-state index in [2.05, 4.69) is 45.6 Å². The molecule has 1 N–H and O–H groups in total. The molecule has 6 nitrogen and oxygen atoms in total. The van der Waals surface area contributed by atoms with Crippen LogP contribution in [0.3, 0.4) is 0 Å². The van der Waals surface area contributed by atoms with Crippen molar-refractivity contribution in [3.05, 3.63) is 34.4 Å². The summed E-state index contributed by atoms with van der Waals surface area (Å²) in [5.74, 6) is 0.147. The molecule has 7 heteroatoms. The van der Waals surface area contributed by atoms with Crippen LogP contribution in [-0.4, -0.2) is 25.5 Å². The van der Waals surface area contributed by atoms with Gasteiger partial charge in [-0.1, -0.05) is 31.7 Å². The average Bonchev–Trinajstić information content (AvgIpc) is 2.94. The van der Waals surface area contributed by atoms with Gasteiger partial charge in [0.25, 0.3) is 5.91 Å². The number of carbonyl (C=O) groups excluding carboxylic acids is 1. The lowest BCUT2D eigenvalue weighted by Gasteiger charge is -2.08. The third-order valence-electron chi connectivity index (χ3n) is 3.07. The molecule has 0 atom stereocenters. The molecule has 2 aromatic rings. The van der Waals surface area contributed by atoms with Crippen LogP contribution in [0.15, 0.2) is 12.5 Å². The molecule has 0 saturated heterocycles. The number of carbonyl (C=O) groups is 1. The zero-order valence-corrected chi connectivity index (χ0v) is 13.3. The largest absolute Gasteiger partial charge is 0.347 e. The predicted molar refractivity (Wildman–Crippen MR) is 81.2 cm³/mol. The molecule has 0 aliphatic heterocycles. The van der Waals surface area contributed by atoms with Crippen molar-refractivity contribution in [2.24, 2.45) is 0 Å². The monoisotopic (exact) mass is 305 g/mol. The molecular weight excluding hydrogens is 286 g/mol. The molecular formula is C14H19N5OS. The Balaban J connectivity index is 2.07. The van der Waals surface area contributed by atoms with Crippen LogP contribution in [0.25, 0.3) is 0 Å². The van der Waals surface area contributed by atoms with Crippen molar-refractivity contribution in [3.63, 3.8) is 0 Å². The van der Waals surface area contributed by atoms with E-state index in [0.29, 0.717) is 18.0 Å². The summed E-state index contributed by atoms with van der Waals surface area (Å²) < 4.78 is 3.96. The topological polar surface area (TPSA) is 80.7 Å². The second-order valence-electron chi connectivity index (χ2n) is 5.05. The maximum absolute atomic E-state index is 12.3. The molecule has 0 fully saturated rings. The van der Waals surface area contributed by atoms with Gasteiger partial charge >= 0.3 is 0 Å². The van der Waals surface area contributed by atoms with E-state index in [1.807, 2.05) is 0 Å². The zero-order chi connectivity index (χ0) is 15.2. The summed E-state index contributed by atoms with van der Waals surface area (Å²) in [6.45, 7) is 6.62. The zero-order valence-electron chi connectivity index (χ0n) is 12.5. The number of hydrogen-bond donors (Lipinski definition) is 1. The molecule has 0 radical (unpaired) electrons. The summed E-state index contributed by atoms with van der Waals surface area (Å²) in [4.78, 5) is 21.4. The number of rotatable bonds is 6. The Morgan fingerprint density at radius 1 is 1.43 bits per heavy atom. The quantitative estimate of drug-likeness (QED) is 0.886. The summed E-state index contributed by atoms with van der Waals surface area (Å²) >= 11 is 1.32. The van der Waals surface area contributed by atoms with Gasteiger partial charge < -0.3 is 5.32 Å². The third-order valence-corrected chi connectivity index (χ3v) is 3.81. The summed E-state index contributed by atoms with van der Waals surface area (Å²) in [5, 5.41) is 7.01. The molecule has 0 aromatic carbocycles. The van der Waals surface area contributed by atoms with Crippen molar-refractivity contribution in [1.82, 2.24) is 24.9 Å². The Kier molecular flexibility index (Phi) is 5.32. The lowest BCUT2D eigenvalue weighted by molar-refractivity contribution is 0.0949. The van der Waals surface area contributed by atoms with Gasteiger partial charge in [0.1, 0.15) is 6.33 Å². The van der Waals surface area contributed by atoms with Gasteiger partial charge in [0.2, 0.25) is 0 Å². The summed E-state index contributed by atoms with van der Waals surface area (Å²) in [7, 11) is 0. The molecule has 2 rings (SSSR count). The van der Waals surface area contributed by atoms with Gasteiger partial charge in [0.05, 0.1) is 28.4 Å². The number of nitrogens with one attached hydrogen (secondary N) is 1. The minimum atomic E-state index is -0.151. The highest BCUT2D eigenvalue weighted by Crippen LogP contribution is 2.19. The van der Waals surface area contributed by atoms with E-state index < -0.39 is 0 Å². The molecule has 0 unspecified atom stereocenters. The lowest BCUT2D eigenvalue weighted by Crippen LogP contribution is -2.24. The standard InChI is InChI=1S/C14H19N5OS/c1-4-5-11-10(6-15-8-17-11)14(20)16-7-12-13(9(2)3)18-19-21-12/h6,8-9H,4-5,7H2,1-3H3,(H,16,20). The van der Waals surface area contributed by atoms with E-state index in [-0.39, 0.29) is 5.91 Å². The number of aryl methyl sites for hydroxylation is 1. The van der Waals surface area contributed by atoms with Gasteiger partial charge in [0.15, 0.2) is 0 Å². The van der Waals surface area contributed by atoms with Crippen molar-refractivity contribution in [1.29, 1.82) is 0 Å². The third kappa shape index (κ3) is 3.81. The van der Waals surface area contributed by atoms with Crippen LogP contribution in [0.4, 0.5) is 0 Å². The molecule has 21 heavy (non-hydrogen) atoms. The number of aromatic nitrogens is 4. The Bertz CT molecular complexity index is 611. The van der Waals surface area contributed by atoms with E-state index in [0.717, 1.165) is 29.1 Å². The van der Waals surface area contributed by atoms with Gasteiger partial charge in [-0.25, -0.2) is 9.97 Å². The first-order valence-electron chi connectivity index (χ1n) is 7.01. The molecule has 0 bridgehead atoms. The van der Waals surface area contributed by atoms with E-state index in [4.69, 9.17) is 0 Å². The van der Waals surface area contributed by atoms with E-state index in [9.17, 15) is 4.79 Å². The van der Waals surface area contributed by atoms with Crippen LogP contribution in [-0.2, 0) is 13.0 Å². The Morgan fingerprint density at radius 3 is 2.95 bits per heavy atom. The van der Waals surface area contributed by atoms with Crippen molar-refractivity contribution >= 4 is 17.4 Å². The van der Waals surface area contributed by atoms with E-state index in [1.54, 1.807) is 6.20 Å². The highest BCUT2D eigenvalue weighted by atomic mass is 32.1. The molecule has 0 spiro atoms. The van der Waals surface area contributed by atoms with Crippen molar-refractivity contribution < 1.29 is 4.79 Å². The second kappa shape index (κ2) is 7.21. The molecule has 112 valence electrons. The smallest absolute Gasteiger partial charge is 0.255 e. The summed E-state index contributed by atoms with van der Waals surface area (Å²) in [6, 6.07) is 0. The van der Waals surface area contributed by atoms with Crippen molar-refractivity contribution in [2.45, 2.75) is 46.1 Å². The normalized spacial score (nSPS) is 10.9. The van der Waals surface area contributed by atoms with Crippen LogP contribution in [0.1, 0.15) is 59.7 Å². The lowest BCUT2D eigenvalue weighted by atomic mass is 10.1. The number of nitrogens with zero attached hydrogens (tertiary/aromatic N) is 4. The highest BCUT2D eigenvalue weighted by Gasteiger charge is 2.15. The van der Waals surface area contributed by atoms with Crippen LogP contribution in [0, 0.1) is 0 Å². The van der Waals surface area contributed by atoms with Gasteiger partial charge in [-0.15, -0.1) is 5.10 Å². The minimum Gasteiger partial charge on any atom is -0.347 e. The fourth-order valence-corrected chi connectivity index (χ4v) is 2.75. The molecule has 0 aliphatic carbocycles. The van der Waals surface area contributed by atoms with Crippen LogP contribution < -0.4 is 5.32 Å². The number of amides is 1. The highest BCUT2D eigenvalue weighted by molar-refractivity contribution is 7.05. The van der Waals surface area contributed by atoms with Gasteiger partial charge in [-0.3, -0.25) is 4.79 Å². The fraction of sp³-hybridized carbons (Fsp3) is 0.500. The molecule has 1 amide bonds. The first-order chi connectivity index (χ1) is 10.1. The Labute approximate surface area is 128 Å². The molecule has 0 saturated carbocycles. The molecule has 2 aromatic heterocycles. The first-order valence-corrected chi connectivity index (χ1v) is 7.79. The SMILES string of the molecule is CCCc1ncncc1C(=O)NCc1snnc1C(C)C. The van der Waals surface area contributed by atoms with Gasteiger partial charge in [-0.05, 0) is 23.9 Å².